The molecule has 1 aromatic rings. The Labute approximate surface area is 122 Å². The van der Waals surface area contributed by atoms with Crippen LogP contribution in [0.2, 0.25) is 0 Å². The second-order valence-corrected chi connectivity index (χ2v) is 5.02. The molecule has 0 unspecified atom stereocenters. The first-order valence-corrected chi connectivity index (χ1v) is 7.47. The van der Waals surface area contributed by atoms with Crippen LogP contribution in [0.5, 0.6) is 0 Å². The minimum atomic E-state index is 0.346. The van der Waals surface area contributed by atoms with Crippen LogP contribution in [0.25, 0.3) is 0 Å². The summed E-state index contributed by atoms with van der Waals surface area (Å²) in [6.07, 6.45) is 1.95. The average Bonchev–Trinajstić information content (AvgIpc) is 2.44. The normalized spacial score (nSPS) is 11.1. The lowest BCUT2D eigenvalue weighted by Gasteiger charge is -2.25. The molecule has 5 heteroatoms. The molecule has 0 saturated heterocycles. The Balaban J connectivity index is 2.94. The number of rotatable bonds is 9. The van der Waals surface area contributed by atoms with E-state index in [9.17, 15) is 0 Å². The molecule has 0 bridgehead atoms. The molecule has 0 atom stereocenters. The van der Waals surface area contributed by atoms with Crippen LogP contribution in [0.4, 0.5) is 5.69 Å². The average molecular weight is 280 g/mol. The predicted molar refractivity (Wildman–Crippen MR) is 83.3 cm³/mol. The predicted octanol–water partition coefficient (Wildman–Crippen LogP) is 2.18. The van der Waals surface area contributed by atoms with Crippen LogP contribution in [0, 0.1) is 0 Å². The third kappa shape index (κ3) is 4.72. The van der Waals surface area contributed by atoms with Gasteiger partial charge in [-0.3, -0.25) is 0 Å². The van der Waals surface area contributed by atoms with Gasteiger partial charge in [0.05, 0.1) is 24.2 Å². The summed E-state index contributed by atoms with van der Waals surface area (Å²) in [5.41, 5.74) is 2.16. The summed E-state index contributed by atoms with van der Waals surface area (Å²) >= 11 is 0. The van der Waals surface area contributed by atoms with Gasteiger partial charge in [0.2, 0.25) is 0 Å². The first-order chi connectivity index (χ1) is 9.63. The maximum absolute atomic E-state index is 5.45. The maximum atomic E-state index is 5.45. The van der Waals surface area contributed by atoms with Crippen molar-refractivity contribution in [3.8, 4) is 0 Å². The first-order valence-electron chi connectivity index (χ1n) is 7.47. The molecule has 0 aromatic carbocycles. The van der Waals surface area contributed by atoms with Crippen molar-refractivity contribution in [2.75, 3.05) is 38.3 Å². The van der Waals surface area contributed by atoms with Gasteiger partial charge in [-0.1, -0.05) is 13.8 Å². The summed E-state index contributed by atoms with van der Waals surface area (Å²) in [4.78, 5) is 11.5. The molecule has 1 heterocycles. The number of hydrogen-bond acceptors (Lipinski definition) is 5. The maximum Gasteiger partial charge on any atom is 0.131 e. The molecule has 0 fully saturated rings. The fraction of sp³-hybridized carbons (Fsp3) is 0.733. The molecule has 1 aromatic heterocycles. The van der Waals surface area contributed by atoms with Crippen LogP contribution in [-0.2, 0) is 11.3 Å². The van der Waals surface area contributed by atoms with Crippen molar-refractivity contribution in [3.63, 3.8) is 0 Å². The van der Waals surface area contributed by atoms with E-state index in [-0.39, 0.29) is 0 Å². The molecule has 20 heavy (non-hydrogen) atoms. The topological polar surface area (TPSA) is 50.3 Å². The number of hydrogen-bond donors (Lipinski definition) is 1. The summed E-state index contributed by atoms with van der Waals surface area (Å²) in [7, 11) is 1.94. The van der Waals surface area contributed by atoms with Gasteiger partial charge in [0.15, 0.2) is 0 Å². The van der Waals surface area contributed by atoms with Crippen LogP contribution in [0.15, 0.2) is 6.20 Å². The lowest BCUT2D eigenvalue weighted by molar-refractivity contribution is 0.154. The smallest absolute Gasteiger partial charge is 0.131 e. The zero-order valence-electron chi connectivity index (χ0n) is 13.4. The van der Waals surface area contributed by atoms with Crippen LogP contribution >= 0.6 is 0 Å². The van der Waals surface area contributed by atoms with E-state index < -0.39 is 0 Å². The Morgan fingerprint density at radius 3 is 2.65 bits per heavy atom. The van der Waals surface area contributed by atoms with Gasteiger partial charge < -0.3 is 15.0 Å². The van der Waals surface area contributed by atoms with Crippen LogP contribution in [0.1, 0.15) is 45.1 Å². The summed E-state index contributed by atoms with van der Waals surface area (Å²) in [6, 6.07) is 0. The lowest BCUT2D eigenvalue weighted by Crippen LogP contribution is -2.29. The molecule has 0 spiro atoms. The van der Waals surface area contributed by atoms with E-state index in [1.54, 1.807) is 0 Å². The largest absolute Gasteiger partial charge is 0.380 e. The Morgan fingerprint density at radius 2 is 2.10 bits per heavy atom. The minimum absolute atomic E-state index is 0.346. The van der Waals surface area contributed by atoms with Crippen LogP contribution in [0.3, 0.4) is 0 Å². The van der Waals surface area contributed by atoms with Crippen molar-refractivity contribution in [1.82, 2.24) is 15.3 Å². The standard InChI is InChI=1S/C15H28N4O/c1-6-19(8-9-20-7-2)14-11-17-15(12(3)4)18-13(14)10-16-5/h11-12,16H,6-10H2,1-5H3. The summed E-state index contributed by atoms with van der Waals surface area (Å²) in [6.45, 7) is 12.4. The Hall–Kier alpha value is -1.20. The molecule has 0 aliphatic rings. The van der Waals surface area contributed by atoms with E-state index >= 15 is 0 Å². The summed E-state index contributed by atoms with van der Waals surface area (Å²) in [5, 5.41) is 3.19. The highest BCUT2D eigenvalue weighted by atomic mass is 16.5. The zero-order chi connectivity index (χ0) is 15.0. The molecule has 1 N–H and O–H groups in total. The quantitative estimate of drug-likeness (QED) is 0.703. The molecule has 0 saturated carbocycles. The first kappa shape index (κ1) is 16.9. The molecular formula is C15H28N4O. The number of anilines is 1. The molecule has 0 aliphatic carbocycles. The highest BCUT2D eigenvalue weighted by Gasteiger charge is 2.14. The third-order valence-electron chi connectivity index (χ3n) is 3.16. The molecule has 114 valence electrons. The van der Waals surface area contributed by atoms with E-state index in [4.69, 9.17) is 9.72 Å². The lowest BCUT2D eigenvalue weighted by atomic mass is 10.2. The van der Waals surface area contributed by atoms with Crippen molar-refractivity contribution in [2.24, 2.45) is 0 Å². The number of ether oxygens (including phenoxy) is 1. The van der Waals surface area contributed by atoms with Gasteiger partial charge in [-0.15, -0.1) is 0 Å². The highest BCUT2D eigenvalue weighted by Crippen LogP contribution is 2.20. The van der Waals surface area contributed by atoms with Crippen LogP contribution in [-0.4, -0.2) is 43.3 Å². The Kier molecular flexibility index (Phi) is 7.47. The van der Waals surface area contributed by atoms with E-state index in [1.165, 1.54) is 0 Å². The molecular weight excluding hydrogens is 252 g/mol. The van der Waals surface area contributed by atoms with Crippen LogP contribution < -0.4 is 10.2 Å². The van der Waals surface area contributed by atoms with E-state index in [0.717, 1.165) is 50.1 Å². The fourth-order valence-electron chi connectivity index (χ4n) is 2.03. The Bertz CT molecular complexity index is 395. The van der Waals surface area contributed by atoms with Crippen molar-refractivity contribution >= 4 is 5.69 Å². The van der Waals surface area contributed by atoms with Gasteiger partial charge in [-0.05, 0) is 20.9 Å². The molecule has 5 nitrogen and oxygen atoms in total. The second kappa shape index (κ2) is 8.87. The van der Waals surface area contributed by atoms with Gasteiger partial charge in [0.1, 0.15) is 5.82 Å². The summed E-state index contributed by atoms with van der Waals surface area (Å²) < 4.78 is 5.45. The van der Waals surface area contributed by atoms with E-state index in [1.807, 2.05) is 20.2 Å². The van der Waals surface area contributed by atoms with E-state index in [2.05, 4.69) is 36.0 Å². The van der Waals surface area contributed by atoms with Crippen molar-refractivity contribution in [3.05, 3.63) is 17.7 Å². The summed E-state index contributed by atoms with van der Waals surface area (Å²) in [5.74, 6) is 1.25. The van der Waals surface area contributed by atoms with Gasteiger partial charge >= 0.3 is 0 Å². The second-order valence-electron chi connectivity index (χ2n) is 5.02. The van der Waals surface area contributed by atoms with Crippen molar-refractivity contribution < 1.29 is 4.74 Å². The SMILES string of the molecule is CCOCCN(CC)c1cnc(C(C)C)nc1CNC. The van der Waals surface area contributed by atoms with Crippen molar-refractivity contribution in [2.45, 2.75) is 40.2 Å². The third-order valence-corrected chi connectivity index (χ3v) is 3.16. The number of likely N-dealkylation sites (N-methyl/N-ethyl adjacent to an activating group) is 1. The zero-order valence-corrected chi connectivity index (χ0v) is 13.4. The number of aromatic nitrogens is 2. The Morgan fingerprint density at radius 1 is 1.35 bits per heavy atom. The van der Waals surface area contributed by atoms with Gasteiger partial charge in [0.25, 0.3) is 0 Å². The monoisotopic (exact) mass is 280 g/mol. The van der Waals surface area contributed by atoms with E-state index in [0.29, 0.717) is 5.92 Å². The number of nitrogens with one attached hydrogen (secondary N) is 1. The van der Waals surface area contributed by atoms with Crippen molar-refractivity contribution in [1.29, 1.82) is 0 Å². The van der Waals surface area contributed by atoms with Gasteiger partial charge in [-0.2, -0.15) is 0 Å². The van der Waals surface area contributed by atoms with Gasteiger partial charge in [0, 0.05) is 32.2 Å². The highest BCUT2D eigenvalue weighted by molar-refractivity contribution is 5.49. The number of nitrogens with zero attached hydrogens (tertiary/aromatic N) is 3. The minimum Gasteiger partial charge on any atom is -0.380 e. The van der Waals surface area contributed by atoms with Gasteiger partial charge in [-0.25, -0.2) is 9.97 Å². The molecule has 0 amide bonds. The molecule has 0 radical (unpaired) electrons. The molecule has 1 rings (SSSR count). The fourth-order valence-corrected chi connectivity index (χ4v) is 2.03. The molecule has 0 aliphatic heterocycles.